The molecular formula is C11H15N5O. The smallest absolute Gasteiger partial charge is 0.145 e. The van der Waals surface area contributed by atoms with Gasteiger partial charge < -0.3 is 10.5 Å². The number of rotatable bonds is 4. The van der Waals surface area contributed by atoms with E-state index < -0.39 is 0 Å². The molecule has 2 aromatic heterocycles. The van der Waals surface area contributed by atoms with Gasteiger partial charge in [-0.05, 0) is 25.5 Å². The average Bonchev–Trinajstić information content (AvgIpc) is 2.81. The molecular weight excluding hydrogens is 218 g/mol. The van der Waals surface area contributed by atoms with Gasteiger partial charge in [0.25, 0.3) is 0 Å². The van der Waals surface area contributed by atoms with Gasteiger partial charge in [-0.25, -0.2) is 4.98 Å². The number of nitrogens with two attached hydrogens (primary N) is 1. The van der Waals surface area contributed by atoms with Gasteiger partial charge in [-0.15, -0.1) is 0 Å². The number of nitrogens with zero attached hydrogens (tertiary/aromatic N) is 3. The highest BCUT2D eigenvalue weighted by atomic mass is 16.5. The first kappa shape index (κ1) is 11.5. The van der Waals surface area contributed by atoms with Crippen molar-refractivity contribution in [2.24, 2.45) is 5.73 Å². The van der Waals surface area contributed by atoms with Crippen LogP contribution in [0.4, 0.5) is 0 Å². The second-order valence-electron chi connectivity index (χ2n) is 3.97. The number of hydrogen-bond acceptors (Lipinski definition) is 5. The summed E-state index contributed by atoms with van der Waals surface area (Å²) in [4.78, 5) is 8.12. The van der Waals surface area contributed by atoms with Gasteiger partial charge in [0.15, 0.2) is 0 Å². The quantitative estimate of drug-likeness (QED) is 0.823. The van der Waals surface area contributed by atoms with Crippen LogP contribution in [0.3, 0.4) is 0 Å². The number of aromatic amines is 1. The van der Waals surface area contributed by atoms with Gasteiger partial charge >= 0.3 is 0 Å². The molecule has 6 heteroatoms. The first-order valence-corrected chi connectivity index (χ1v) is 5.39. The van der Waals surface area contributed by atoms with Crippen molar-refractivity contribution >= 4 is 0 Å². The van der Waals surface area contributed by atoms with Crippen molar-refractivity contribution in [1.82, 2.24) is 20.2 Å². The molecule has 0 spiro atoms. The van der Waals surface area contributed by atoms with E-state index in [9.17, 15) is 0 Å². The molecule has 6 nitrogen and oxygen atoms in total. The molecule has 2 heterocycles. The van der Waals surface area contributed by atoms with Crippen molar-refractivity contribution < 1.29 is 4.74 Å². The number of aromatic nitrogens is 4. The highest BCUT2D eigenvalue weighted by Crippen LogP contribution is 2.20. The van der Waals surface area contributed by atoms with E-state index in [0.717, 1.165) is 5.56 Å². The fraction of sp³-hybridized carbons (Fsp3) is 0.364. The Kier molecular flexibility index (Phi) is 3.34. The molecule has 0 aliphatic rings. The van der Waals surface area contributed by atoms with Gasteiger partial charge in [-0.3, -0.25) is 10.1 Å². The standard InChI is InChI=1S/C11H15N5O/c1-7(2)17-9-3-8(4-13-5-9)10(12)11-14-6-15-16-11/h3-7,10H,12H2,1-2H3,(H,14,15,16). The number of pyridine rings is 1. The SMILES string of the molecule is CC(C)Oc1cncc(C(N)c2ncn[nH]2)c1. The second-order valence-corrected chi connectivity index (χ2v) is 3.97. The summed E-state index contributed by atoms with van der Waals surface area (Å²) in [6.07, 6.45) is 4.89. The molecule has 2 rings (SSSR count). The highest BCUT2D eigenvalue weighted by molar-refractivity contribution is 5.28. The lowest BCUT2D eigenvalue weighted by molar-refractivity contribution is 0.241. The van der Waals surface area contributed by atoms with Crippen molar-refractivity contribution in [3.63, 3.8) is 0 Å². The lowest BCUT2D eigenvalue weighted by Gasteiger charge is -2.12. The van der Waals surface area contributed by atoms with Crippen LogP contribution in [0.2, 0.25) is 0 Å². The zero-order valence-corrected chi connectivity index (χ0v) is 9.79. The third-order valence-corrected chi connectivity index (χ3v) is 2.19. The summed E-state index contributed by atoms with van der Waals surface area (Å²) < 4.78 is 5.56. The molecule has 0 radical (unpaired) electrons. The summed E-state index contributed by atoms with van der Waals surface area (Å²) >= 11 is 0. The lowest BCUT2D eigenvalue weighted by atomic mass is 10.1. The number of nitrogens with one attached hydrogen (secondary N) is 1. The third kappa shape index (κ3) is 2.79. The molecule has 1 atom stereocenters. The van der Waals surface area contributed by atoms with Gasteiger partial charge in [-0.1, -0.05) is 0 Å². The normalized spacial score (nSPS) is 12.7. The Morgan fingerprint density at radius 3 is 2.82 bits per heavy atom. The van der Waals surface area contributed by atoms with Crippen LogP contribution in [-0.2, 0) is 0 Å². The predicted octanol–water partition coefficient (Wildman–Crippen LogP) is 1.03. The predicted molar refractivity (Wildman–Crippen MR) is 62.4 cm³/mol. The topological polar surface area (TPSA) is 89.7 Å². The van der Waals surface area contributed by atoms with E-state index in [4.69, 9.17) is 10.5 Å². The van der Waals surface area contributed by atoms with Crippen LogP contribution < -0.4 is 10.5 Å². The largest absolute Gasteiger partial charge is 0.489 e. The minimum Gasteiger partial charge on any atom is -0.489 e. The average molecular weight is 233 g/mol. The van der Waals surface area contributed by atoms with E-state index in [1.165, 1.54) is 6.33 Å². The molecule has 0 amide bonds. The van der Waals surface area contributed by atoms with Crippen LogP contribution in [0.5, 0.6) is 5.75 Å². The molecule has 2 aromatic rings. The Bertz CT molecular complexity index is 468. The van der Waals surface area contributed by atoms with E-state index in [-0.39, 0.29) is 12.1 Å². The summed E-state index contributed by atoms with van der Waals surface area (Å²) in [6, 6.07) is 1.49. The fourth-order valence-corrected chi connectivity index (χ4v) is 1.46. The van der Waals surface area contributed by atoms with Gasteiger partial charge in [-0.2, -0.15) is 5.10 Å². The zero-order valence-electron chi connectivity index (χ0n) is 9.79. The van der Waals surface area contributed by atoms with Crippen LogP contribution in [0.15, 0.2) is 24.8 Å². The van der Waals surface area contributed by atoms with Crippen molar-refractivity contribution in [3.8, 4) is 5.75 Å². The Morgan fingerprint density at radius 1 is 1.35 bits per heavy atom. The van der Waals surface area contributed by atoms with Crippen molar-refractivity contribution in [2.75, 3.05) is 0 Å². The number of ether oxygens (including phenoxy) is 1. The van der Waals surface area contributed by atoms with E-state index in [1.54, 1.807) is 12.4 Å². The summed E-state index contributed by atoms with van der Waals surface area (Å²) in [5.41, 5.74) is 6.86. The maximum atomic E-state index is 6.03. The fourth-order valence-electron chi connectivity index (χ4n) is 1.46. The summed E-state index contributed by atoms with van der Waals surface area (Å²) in [5.74, 6) is 1.31. The minimum absolute atomic E-state index is 0.105. The second kappa shape index (κ2) is 4.92. The van der Waals surface area contributed by atoms with Crippen molar-refractivity contribution in [1.29, 1.82) is 0 Å². The van der Waals surface area contributed by atoms with E-state index in [2.05, 4.69) is 20.2 Å². The molecule has 90 valence electrons. The minimum atomic E-state index is -0.374. The lowest BCUT2D eigenvalue weighted by Crippen LogP contribution is -2.14. The van der Waals surface area contributed by atoms with Crippen LogP contribution in [0.1, 0.15) is 31.3 Å². The van der Waals surface area contributed by atoms with Gasteiger partial charge in [0.2, 0.25) is 0 Å². The Balaban J connectivity index is 2.21. The van der Waals surface area contributed by atoms with Gasteiger partial charge in [0, 0.05) is 6.20 Å². The maximum Gasteiger partial charge on any atom is 0.145 e. The summed E-state index contributed by atoms with van der Waals surface area (Å²) in [6.45, 7) is 3.92. The molecule has 0 saturated carbocycles. The summed E-state index contributed by atoms with van der Waals surface area (Å²) in [5, 5.41) is 6.51. The van der Waals surface area contributed by atoms with Crippen molar-refractivity contribution in [2.45, 2.75) is 26.0 Å². The molecule has 0 aromatic carbocycles. The van der Waals surface area contributed by atoms with Crippen LogP contribution in [0.25, 0.3) is 0 Å². The van der Waals surface area contributed by atoms with E-state index in [0.29, 0.717) is 11.6 Å². The number of hydrogen-bond donors (Lipinski definition) is 2. The Labute approximate surface area is 99.2 Å². The first-order chi connectivity index (χ1) is 8.16. The molecule has 17 heavy (non-hydrogen) atoms. The number of H-pyrrole nitrogens is 1. The molecule has 1 unspecified atom stereocenters. The molecule has 0 bridgehead atoms. The zero-order chi connectivity index (χ0) is 12.3. The van der Waals surface area contributed by atoms with E-state index >= 15 is 0 Å². The van der Waals surface area contributed by atoms with Crippen LogP contribution in [0, 0.1) is 0 Å². The van der Waals surface area contributed by atoms with Crippen LogP contribution >= 0.6 is 0 Å². The van der Waals surface area contributed by atoms with Crippen LogP contribution in [-0.4, -0.2) is 26.3 Å². The highest BCUT2D eigenvalue weighted by Gasteiger charge is 2.13. The third-order valence-electron chi connectivity index (χ3n) is 2.19. The van der Waals surface area contributed by atoms with Gasteiger partial charge in [0.1, 0.15) is 17.9 Å². The monoisotopic (exact) mass is 233 g/mol. The molecule has 0 aliphatic heterocycles. The van der Waals surface area contributed by atoms with Crippen molar-refractivity contribution in [3.05, 3.63) is 36.2 Å². The summed E-state index contributed by atoms with van der Waals surface area (Å²) in [7, 11) is 0. The molecule has 0 aliphatic carbocycles. The maximum absolute atomic E-state index is 6.03. The van der Waals surface area contributed by atoms with Gasteiger partial charge in [0.05, 0.1) is 18.3 Å². The molecule has 0 fully saturated rings. The molecule has 3 N–H and O–H groups in total. The Hall–Kier alpha value is -1.95. The Morgan fingerprint density at radius 2 is 2.18 bits per heavy atom. The molecule has 0 saturated heterocycles. The van der Waals surface area contributed by atoms with E-state index in [1.807, 2.05) is 19.9 Å². The first-order valence-electron chi connectivity index (χ1n) is 5.39.